The maximum absolute atomic E-state index is 11.4. The van der Waals surface area contributed by atoms with E-state index in [2.05, 4.69) is 29.4 Å². The van der Waals surface area contributed by atoms with E-state index in [-0.39, 0.29) is 5.78 Å². The Morgan fingerprint density at radius 3 is 2.50 bits per heavy atom. The van der Waals surface area contributed by atoms with E-state index in [1.54, 1.807) is 19.3 Å². The molecule has 102 valence electrons. The summed E-state index contributed by atoms with van der Waals surface area (Å²) in [5, 5.41) is 2.89. The van der Waals surface area contributed by atoms with Crippen molar-refractivity contribution in [3.8, 4) is 11.3 Å². The maximum atomic E-state index is 11.4. The lowest BCUT2D eigenvalue weighted by atomic mass is 10.0. The summed E-state index contributed by atoms with van der Waals surface area (Å²) in [5.41, 5.74) is 4.75. The van der Waals surface area contributed by atoms with Crippen molar-refractivity contribution < 1.29 is 4.79 Å². The molecule has 1 heterocycles. The minimum absolute atomic E-state index is 0.00970. The molecular weight excluding hydrogens is 248 g/mol. The lowest BCUT2D eigenvalue weighted by Crippen LogP contribution is -2.12. The van der Waals surface area contributed by atoms with Crippen LogP contribution in [0.4, 0.5) is 0 Å². The molecule has 2 aromatic rings. The average Bonchev–Trinajstić information content (AvgIpc) is 2.46. The van der Waals surface area contributed by atoms with Gasteiger partial charge in [0.15, 0.2) is 5.78 Å². The molecule has 0 saturated heterocycles. The molecule has 3 nitrogen and oxygen atoms in total. The van der Waals surface area contributed by atoms with Gasteiger partial charge in [-0.2, -0.15) is 0 Å². The van der Waals surface area contributed by atoms with Crippen molar-refractivity contribution in [1.82, 2.24) is 10.3 Å². The Balaban J connectivity index is 2.32. The Labute approximate surface area is 119 Å². The zero-order valence-electron chi connectivity index (χ0n) is 12.0. The summed E-state index contributed by atoms with van der Waals surface area (Å²) in [4.78, 5) is 15.8. The second-order valence-electron chi connectivity index (χ2n) is 4.66. The number of benzene rings is 1. The van der Waals surface area contributed by atoms with Crippen LogP contribution in [-0.4, -0.2) is 17.8 Å². The number of aryl methyl sites for hydroxylation is 1. The number of nitrogens with zero attached hydrogens (tertiary/aromatic N) is 1. The topological polar surface area (TPSA) is 42.0 Å². The second kappa shape index (κ2) is 6.15. The molecule has 1 aromatic heterocycles. The molecule has 0 aliphatic rings. The number of pyridine rings is 1. The smallest absolute Gasteiger partial charge is 0.175 e. The Bertz CT molecular complexity index is 642. The molecule has 0 radical (unpaired) electrons. The number of ketones is 1. The first kappa shape index (κ1) is 14.0. The lowest BCUT2D eigenvalue weighted by molar-refractivity contribution is -0.113. The van der Waals surface area contributed by atoms with Crippen LogP contribution < -0.4 is 5.32 Å². The third-order valence-corrected chi connectivity index (χ3v) is 3.17. The number of hydrogen-bond acceptors (Lipinski definition) is 3. The van der Waals surface area contributed by atoms with Gasteiger partial charge >= 0.3 is 0 Å². The predicted molar refractivity (Wildman–Crippen MR) is 82.1 cm³/mol. The fraction of sp³-hybridized carbons (Fsp3) is 0.176. The van der Waals surface area contributed by atoms with Crippen LogP contribution in [0.3, 0.4) is 0 Å². The Morgan fingerprint density at radius 2 is 1.95 bits per heavy atom. The van der Waals surface area contributed by atoms with Crippen LogP contribution in [0.5, 0.6) is 0 Å². The molecule has 0 unspecified atom stereocenters. The molecule has 3 heteroatoms. The number of likely N-dealkylation sites (N-methyl/N-ethyl adjacent to an activating group) is 1. The molecule has 1 aromatic carbocycles. The van der Waals surface area contributed by atoms with E-state index in [0.717, 1.165) is 16.8 Å². The Kier molecular flexibility index (Phi) is 4.31. The number of rotatable bonds is 4. The predicted octanol–water partition coefficient (Wildman–Crippen LogP) is 3.21. The molecule has 0 spiro atoms. The number of Topliss-reactive ketones (excluding diaryl/α,β-unsaturated/α-hetero) is 1. The highest BCUT2D eigenvalue weighted by Gasteiger charge is 2.04. The number of hydrogen-bond donors (Lipinski definition) is 1. The third-order valence-electron chi connectivity index (χ3n) is 3.17. The average molecular weight is 266 g/mol. The maximum Gasteiger partial charge on any atom is 0.175 e. The number of carbonyl (C=O) groups is 1. The molecular formula is C17H18N2O. The van der Waals surface area contributed by atoms with Crippen molar-refractivity contribution in [2.45, 2.75) is 13.8 Å². The van der Waals surface area contributed by atoms with Gasteiger partial charge in [-0.05, 0) is 30.2 Å². The van der Waals surface area contributed by atoms with E-state index < -0.39 is 0 Å². The fourth-order valence-corrected chi connectivity index (χ4v) is 2.03. The monoisotopic (exact) mass is 266 g/mol. The highest BCUT2D eigenvalue weighted by molar-refractivity contribution is 5.97. The van der Waals surface area contributed by atoms with Crippen molar-refractivity contribution in [3.63, 3.8) is 0 Å². The van der Waals surface area contributed by atoms with Crippen LogP contribution in [0, 0.1) is 6.92 Å². The molecule has 20 heavy (non-hydrogen) atoms. The molecule has 0 bridgehead atoms. The first-order chi connectivity index (χ1) is 9.61. The highest BCUT2D eigenvalue weighted by atomic mass is 16.1. The van der Waals surface area contributed by atoms with Crippen molar-refractivity contribution >= 4 is 11.9 Å². The molecule has 0 amide bonds. The van der Waals surface area contributed by atoms with Crippen molar-refractivity contribution in [1.29, 1.82) is 0 Å². The second-order valence-corrected chi connectivity index (χ2v) is 4.66. The van der Waals surface area contributed by atoms with Gasteiger partial charge in [-0.25, -0.2) is 0 Å². The fourth-order valence-electron chi connectivity index (χ4n) is 2.03. The summed E-state index contributed by atoms with van der Waals surface area (Å²) >= 11 is 0. The minimum atomic E-state index is 0.00970. The van der Waals surface area contributed by atoms with Crippen molar-refractivity contribution in [2.24, 2.45) is 0 Å². The van der Waals surface area contributed by atoms with E-state index >= 15 is 0 Å². The quantitative estimate of drug-likeness (QED) is 0.864. The van der Waals surface area contributed by atoms with E-state index in [0.29, 0.717) is 5.70 Å². The van der Waals surface area contributed by atoms with E-state index in [1.165, 1.54) is 12.5 Å². The van der Waals surface area contributed by atoms with Gasteiger partial charge in [-0.15, -0.1) is 0 Å². The molecule has 0 atom stereocenters. The third kappa shape index (κ3) is 3.12. The first-order valence-corrected chi connectivity index (χ1v) is 6.54. The zero-order chi connectivity index (χ0) is 14.5. The minimum Gasteiger partial charge on any atom is -0.385 e. The van der Waals surface area contributed by atoms with E-state index in [4.69, 9.17) is 0 Å². The van der Waals surface area contributed by atoms with Gasteiger partial charge < -0.3 is 5.32 Å². The van der Waals surface area contributed by atoms with Gasteiger partial charge in [0.1, 0.15) is 0 Å². The zero-order valence-corrected chi connectivity index (χ0v) is 12.0. The van der Waals surface area contributed by atoms with Gasteiger partial charge in [0.2, 0.25) is 0 Å². The molecule has 0 aliphatic carbocycles. The van der Waals surface area contributed by atoms with Gasteiger partial charge in [-0.3, -0.25) is 9.78 Å². The Hall–Kier alpha value is -2.42. The lowest BCUT2D eigenvalue weighted by Gasteiger charge is -2.06. The SMILES string of the molecule is CN/C(=C/c1ccc(-c2ccccc2C)nc1)C(C)=O. The van der Waals surface area contributed by atoms with Gasteiger partial charge in [0, 0.05) is 25.7 Å². The molecule has 0 fully saturated rings. The molecule has 0 aliphatic heterocycles. The first-order valence-electron chi connectivity index (χ1n) is 6.54. The number of nitrogens with one attached hydrogen (secondary N) is 1. The standard InChI is InChI=1S/C17H18N2O/c1-12-6-4-5-7-15(12)16-9-8-14(11-19-16)10-17(18-3)13(2)20/h4-11,18H,1-3H3/b17-10+. The summed E-state index contributed by atoms with van der Waals surface area (Å²) in [7, 11) is 1.74. The van der Waals surface area contributed by atoms with Gasteiger partial charge in [0.05, 0.1) is 11.4 Å². The normalized spacial score (nSPS) is 11.2. The van der Waals surface area contributed by atoms with E-state index in [9.17, 15) is 4.79 Å². The summed E-state index contributed by atoms with van der Waals surface area (Å²) in [6.07, 6.45) is 3.58. The summed E-state index contributed by atoms with van der Waals surface area (Å²) < 4.78 is 0. The summed E-state index contributed by atoms with van der Waals surface area (Å²) in [6.45, 7) is 3.61. The van der Waals surface area contributed by atoms with Crippen molar-refractivity contribution in [3.05, 3.63) is 59.4 Å². The highest BCUT2D eigenvalue weighted by Crippen LogP contribution is 2.21. The van der Waals surface area contributed by atoms with Crippen LogP contribution in [0.15, 0.2) is 48.3 Å². The number of carbonyl (C=O) groups excluding carboxylic acids is 1. The number of allylic oxidation sites excluding steroid dienone is 1. The Morgan fingerprint density at radius 1 is 1.20 bits per heavy atom. The van der Waals surface area contributed by atoms with Crippen LogP contribution in [0.2, 0.25) is 0 Å². The van der Waals surface area contributed by atoms with Crippen LogP contribution in [0.1, 0.15) is 18.1 Å². The largest absolute Gasteiger partial charge is 0.385 e. The van der Waals surface area contributed by atoms with Gasteiger partial charge in [-0.1, -0.05) is 30.3 Å². The van der Waals surface area contributed by atoms with Crippen LogP contribution >= 0.6 is 0 Å². The molecule has 1 N–H and O–H groups in total. The van der Waals surface area contributed by atoms with Crippen LogP contribution in [-0.2, 0) is 4.79 Å². The molecule has 2 rings (SSSR count). The number of aromatic nitrogens is 1. The van der Waals surface area contributed by atoms with Crippen molar-refractivity contribution in [2.75, 3.05) is 7.05 Å². The molecule has 0 saturated carbocycles. The van der Waals surface area contributed by atoms with E-state index in [1.807, 2.05) is 24.3 Å². The summed E-state index contributed by atoms with van der Waals surface area (Å²) in [5.74, 6) is 0.00970. The van der Waals surface area contributed by atoms with Gasteiger partial charge in [0.25, 0.3) is 0 Å². The summed E-state index contributed by atoms with van der Waals surface area (Å²) in [6, 6.07) is 12.1. The van der Waals surface area contributed by atoms with Crippen LogP contribution in [0.25, 0.3) is 17.3 Å².